The molecule has 4 atom stereocenters. The van der Waals surface area contributed by atoms with Gasteiger partial charge in [0, 0.05) is 25.1 Å². The van der Waals surface area contributed by atoms with Gasteiger partial charge in [-0.25, -0.2) is 9.98 Å². The molecule has 2 amide bonds. The van der Waals surface area contributed by atoms with Gasteiger partial charge in [0.1, 0.15) is 5.92 Å². The summed E-state index contributed by atoms with van der Waals surface area (Å²) in [7, 11) is 0. The van der Waals surface area contributed by atoms with Gasteiger partial charge in [-0.3, -0.25) is 9.59 Å². The second-order valence-electron chi connectivity index (χ2n) is 10.6. The van der Waals surface area contributed by atoms with Crippen LogP contribution >= 0.6 is 11.3 Å². The first-order valence-electron chi connectivity index (χ1n) is 12.5. The highest BCUT2D eigenvalue weighted by Gasteiger charge is 2.48. The summed E-state index contributed by atoms with van der Waals surface area (Å²) in [5, 5.41) is 14.4. The number of aromatic nitrogens is 3. The lowest BCUT2D eigenvalue weighted by Crippen LogP contribution is -2.44. The molecule has 0 aliphatic carbocycles. The standard InChI is InChI=1S/C27H31N5O4S/c1-14(2)22(24-29-16(4)31-36-24)25(34)32-12-19(33)10-21(32)20-11-27(5,26(35)30-20)18-8-6-17(7-9-18)23-15(3)28-13-37-23/h6-9,13-14,19,21-22,33H,10-12H2,1-5H3/t19-,21+,22?,27+/m1/s1. The number of likely N-dealkylation sites (tertiary alicyclic amines) is 1. The van der Waals surface area contributed by atoms with Crippen molar-refractivity contribution >= 4 is 28.9 Å². The van der Waals surface area contributed by atoms with Crippen LogP contribution in [-0.2, 0) is 15.0 Å². The monoisotopic (exact) mass is 521 g/mol. The molecule has 0 saturated carbocycles. The zero-order chi connectivity index (χ0) is 26.5. The maximum absolute atomic E-state index is 13.7. The maximum Gasteiger partial charge on any atom is 0.256 e. The predicted molar refractivity (Wildman–Crippen MR) is 139 cm³/mol. The molecular formula is C27H31N5O4S. The van der Waals surface area contributed by atoms with Crippen LogP contribution in [0.2, 0.25) is 0 Å². The molecule has 1 unspecified atom stereocenters. The first-order valence-corrected chi connectivity index (χ1v) is 13.4. The van der Waals surface area contributed by atoms with Crippen molar-refractivity contribution in [2.24, 2.45) is 10.9 Å². The molecule has 3 aromatic rings. The lowest BCUT2D eigenvalue weighted by molar-refractivity contribution is -0.134. The van der Waals surface area contributed by atoms with Crippen LogP contribution in [-0.4, -0.2) is 61.3 Å². The maximum atomic E-state index is 13.7. The Labute approximate surface area is 219 Å². The third-order valence-corrected chi connectivity index (χ3v) is 8.45. The number of nitrogens with zero attached hydrogens (tertiary/aromatic N) is 5. The second kappa shape index (κ2) is 9.57. The van der Waals surface area contributed by atoms with E-state index in [4.69, 9.17) is 4.52 Å². The van der Waals surface area contributed by atoms with Crippen molar-refractivity contribution in [2.75, 3.05) is 6.54 Å². The molecule has 194 valence electrons. The summed E-state index contributed by atoms with van der Waals surface area (Å²) in [4.78, 5) is 42.8. The summed E-state index contributed by atoms with van der Waals surface area (Å²) >= 11 is 1.59. The van der Waals surface area contributed by atoms with Crippen LogP contribution in [0.1, 0.15) is 62.5 Å². The topological polar surface area (TPSA) is 122 Å². The third-order valence-electron chi connectivity index (χ3n) is 7.47. The van der Waals surface area contributed by atoms with Crippen molar-refractivity contribution in [2.45, 2.75) is 70.9 Å². The minimum absolute atomic E-state index is 0.0937. The van der Waals surface area contributed by atoms with E-state index >= 15 is 0 Å². The summed E-state index contributed by atoms with van der Waals surface area (Å²) in [5.74, 6) is -0.434. The number of aliphatic imine (C=N–C) groups is 1. The molecule has 5 rings (SSSR count). The van der Waals surface area contributed by atoms with Crippen molar-refractivity contribution < 1.29 is 19.2 Å². The van der Waals surface area contributed by atoms with Crippen molar-refractivity contribution in [3.8, 4) is 10.4 Å². The molecule has 2 aliphatic heterocycles. The lowest BCUT2D eigenvalue weighted by Gasteiger charge is -2.30. The summed E-state index contributed by atoms with van der Waals surface area (Å²) in [5.41, 5.74) is 4.54. The number of carbonyl (C=O) groups excluding carboxylic acids is 2. The molecule has 1 N–H and O–H groups in total. The third kappa shape index (κ3) is 4.53. The number of hydrogen-bond donors (Lipinski definition) is 1. The number of aliphatic hydroxyl groups excluding tert-OH is 1. The Morgan fingerprint density at radius 3 is 2.57 bits per heavy atom. The van der Waals surface area contributed by atoms with Gasteiger partial charge in [0.15, 0.2) is 5.82 Å². The molecule has 0 spiro atoms. The van der Waals surface area contributed by atoms with Crippen LogP contribution in [0.3, 0.4) is 0 Å². The summed E-state index contributed by atoms with van der Waals surface area (Å²) in [6.45, 7) is 9.61. The Bertz CT molecular complexity index is 1360. The number of amides is 2. The van der Waals surface area contributed by atoms with Gasteiger partial charge in [-0.2, -0.15) is 4.98 Å². The summed E-state index contributed by atoms with van der Waals surface area (Å²) < 4.78 is 5.35. The number of aliphatic hydroxyl groups is 1. The van der Waals surface area contributed by atoms with Crippen LogP contribution in [0.5, 0.6) is 0 Å². The Morgan fingerprint density at radius 2 is 1.97 bits per heavy atom. The minimum Gasteiger partial charge on any atom is -0.391 e. The van der Waals surface area contributed by atoms with Crippen LogP contribution in [0, 0.1) is 19.8 Å². The van der Waals surface area contributed by atoms with Gasteiger partial charge < -0.3 is 14.5 Å². The van der Waals surface area contributed by atoms with Crippen molar-refractivity contribution in [3.05, 3.63) is 52.7 Å². The SMILES string of the molecule is Cc1noc(C(C(=O)N2C[C@H](O)C[C@H]2C2=NC(=O)[C@](C)(c3ccc(-c4scnc4C)cc3)C2)C(C)C)n1. The van der Waals surface area contributed by atoms with E-state index in [1.807, 2.05) is 57.5 Å². The van der Waals surface area contributed by atoms with Crippen molar-refractivity contribution in [1.82, 2.24) is 20.0 Å². The van der Waals surface area contributed by atoms with Gasteiger partial charge in [0.25, 0.3) is 5.91 Å². The highest BCUT2D eigenvalue weighted by molar-refractivity contribution is 7.13. The Morgan fingerprint density at radius 1 is 1.24 bits per heavy atom. The highest BCUT2D eigenvalue weighted by Crippen LogP contribution is 2.39. The number of thiazole rings is 1. The van der Waals surface area contributed by atoms with E-state index in [9.17, 15) is 14.7 Å². The van der Waals surface area contributed by atoms with Gasteiger partial charge in [-0.05, 0) is 37.8 Å². The second-order valence-corrected chi connectivity index (χ2v) is 11.4. The molecule has 0 bridgehead atoms. The van der Waals surface area contributed by atoms with E-state index in [-0.39, 0.29) is 30.2 Å². The Balaban J connectivity index is 1.39. The van der Waals surface area contributed by atoms with Gasteiger partial charge in [-0.1, -0.05) is 43.3 Å². The van der Waals surface area contributed by atoms with E-state index < -0.39 is 23.5 Å². The smallest absolute Gasteiger partial charge is 0.256 e. The van der Waals surface area contributed by atoms with Gasteiger partial charge >= 0.3 is 0 Å². The van der Waals surface area contributed by atoms with Crippen molar-refractivity contribution in [3.63, 3.8) is 0 Å². The van der Waals surface area contributed by atoms with Crippen LogP contribution < -0.4 is 0 Å². The molecule has 2 aromatic heterocycles. The highest BCUT2D eigenvalue weighted by atomic mass is 32.1. The van der Waals surface area contributed by atoms with Crippen LogP contribution in [0.4, 0.5) is 0 Å². The van der Waals surface area contributed by atoms with E-state index in [1.54, 1.807) is 23.2 Å². The average molecular weight is 522 g/mol. The van der Waals surface area contributed by atoms with E-state index in [0.717, 1.165) is 21.7 Å². The van der Waals surface area contributed by atoms with E-state index in [1.165, 1.54) is 0 Å². The molecule has 4 heterocycles. The molecule has 1 aromatic carbocycles. The van der Waals surface area contributed by atoms with Gasteiger partial charge in [0.05, 0.1) is 33.6 Å². The molecule has 10 heteroatoms. The first-order chi connectivity index (χ1) is 17.6. The number of β-amino-alcohol motifs (C(OH)–C–C–N with tert-alkyl or cyclic N) is 1. The van der Waals surface area contributed by atoms with Gasteiger partial charge in [-0.15, -0.1) is 11.3 Å². The normalized spacial score (nSPS) is 24.7. The van der Waals surface area contributed by atoms with E-state index in [0.29, 0.717) is 24.4 Å². The number of benzene rings is 1. The number of rotatable bonds is 6. The number of carbonyl (C=O) groups is 2. The fourth-order valence-electron chi connectivity index (χ4n) is 5.38. The minimum atomic E-state index is -0.833. The number of aryl methyl sites for hydroxylation is 2. The molecule has 9 nitrogen and oxygen atoms in total. The quantitative estimate of drug-likeness (QED) is 0.523. The predicted octanol–water partition coefficient (Wildman–Crippen LogP) is 3.84. The van der Waals surface area contributed by atoms with Crippen molar-refractivity contribution in [1.29, 1.82) is 0 Å². The average Bonchev–Trinajstić information content (AvgIpc) is 3.62. The zero-order valence-corrected chi connectivity index (χ0v) is 22.5. The Kier molecular flexibility index (Phi) is 6.57. The fourth-order valence-corrected chi connectivity index (χ4v) is 6.20. The summed E-state index contributed by atoms with van der Waals surface area (Å²) in [6.07, 6.45) is 0.0288. The van der Waals surface area contributed by atoms with Crippen LogP contribution in [0.15, 0.2) is 39.3 Å². The molecular weight excluding hydrogens is 490 g/mol. The molecule has 1 fully saturated rings. The number of hydrogen-bond acceptors (Lipinski definition) is 8. The largest absolute Gasteiger partial charge is 0.391 e. The van der Waals surface area contributed by atoms with Crippen LogP contribution in [0.25, 0.3) is 10.4 Å². The van der Waals surface area contributed by atoms with E-state index in [2.05, 4.69) is 20.1 Å². The zero-order valence-electron chi connectivity index (χ0n) is 21.6. The molecule has 1 saturated heterocycles. The first kappa shape index (κ1) is 25.4. The fraction of sp³-hybridized carbons (Fsp3) is 0.481. The molecule has 37 heavy (non-hydrogen) atoms. The lowest BCUT2D eigenvalue weighted by atomic mass is 9.78. The van der Waals surface area contributed by atoms with Gasteiger partial charge in [0.2, 0.25) is 11.8 Å². The summed E-state index contributed by atoms with van der Waals surface area (Å²) in [6, 6.07) is 7.52. The molecule has 0 radical (unpaired) electrons. The Hall–Kier alpha value is -3.24. The molecule has 2 aliphatic rings.